The van der Waals surface area contributed by atoms with Crippen LogP contribution in [0.3, 0.4) is 0 Å². The number of methoxy groups -OCH3 is 2. The number of amides is 2. The summed E-state index contributed by atoms with van der Waals surface area (Å²) in [5.74, 6) is -0.143. The third-order valence-electron chi connectivity index (χ3n) is 6.12. The van der Waals surface area contributed by atoms with Gasteiger partial charge in [-0.15, -0.1) is 0 Å². The molecule has 0 radical (unpaired) electrons. The Bertz CT molecular complexity index is 1430. The van der Waals surface area contributed by atoms with Gasteiger partial charge in [0.05, 0.1) is 24.8 Å². The number of nitrogens with one attached hydrogen (secondary N) is 1. The molecule has 1 N–H and O–H groups in total. The molecule has 9 nitrogen and oxygen atoms in total. The summed E-state index contributed by atoms with van der Waals surface area (Å²) < 4.78 is 40.4. The first-order valence-corrected chi connectivity index (χ1v) is 14.8. The molecule has 1 atom stereocenters. The summed E-state index contributed by atoms with van der Waals surface area (Å²) >= 11 is 3.44. The van der Waals surface area contributed by atoms with Crippen molar-refractivity contribution in [2.24, 2.45) is 0 Å². The van der Waals surface area contributed by atoms with Gasteiger partial charge < -0.3 is 19.7 Å². The molecule has 0 aliphatic carbocycles. The minimum Gasteiger partial charge on any atom is -0.497 e. The predicted molar refractivity (Wildman–Crippen MR) is 158 cm³/mol. The van der Waals surface area contributed by atoms with E-state index in [1.54, 1.807) is 31.2 Å². The molecule has 0 saturated carbocycles. The van der Waals surface area contributed by atoms with Gasteiger partial charge in [-0.25, -0.2) is 8.42 Å². The number of hydrogen-bond donors (Lipinski definition) is 1. The van der Waals surface area contributed by atoms with Crippen LogP contribution in [0.1, 0.15) is 26.3 Å². The van der Waals surface area contributed by atoms with Gasteiger partial charge in [0.15, 0.2) is 0 Å². The molecule has 3 aromatic carbocycles. The maximum absolute atomic E-state index is 14.0. The maximum Gasteiger partial charge on any atom is 0.264 e. The van der Waals surface area contributed by atoms with Gasteiger partial charge >= 0.3 is 0 Å². The summed E-state index contributed by atoms with van der Waals surface area (Å²) in [6.07, 6.45) is 0. The van der Waals surface area contributed by atoms with Gasteiger partial charge in [-0.3, -0.25) is 13.9 Å². The van der Waals surface area contributed by atoms with Crippen LogP contribution in [0, 0.1) is 0 Å². The zero-order valence-corrected chi connectivity index (χ0v) is 25.5. The fraction of sp³-hybridized carbons (Fsp3) is 0.310. The zero-order valence-electron chi connectivity index (χ0n) is 23.1. The first kappa shape index (κ1) is 31.0. The standard InChI is InChI=1S/C29H34BrN3O6S/c1-20(2)31-29(35)21(3)32(18-22-9-8-10-23(30)17-22)28(34)19-33(26-11-6-7-12-27(26)39-5)40(36,37)25-15-13-24(38-4)14-16-25/h6-17,20-21H,18-19H2,1-5H3,(H,31,35)/t21-/m0/s1. The number of sulfonamides is 1. The molecular weight excluding hydrogens is 598 g/mol. The molecule has 0 aliphatic rings. The first-order chi connectivity index (χ1) is 19.0. The van der Waals surface area contributed by atoms with Gasteiger partial charge in [0.25, 0.3) is 10.0 Å². The highest BCUT2D eigenvalue weighted by atomic mass is 79.9. The number of nitrogens with zero attached hydrogens (tertiary/aromatic N) is 2. The van der Waals surface area contributed by atoms with E-state index in [4.69, 9.17) is 9.47 Å². The number of hydrogen-bond acceptors (Lipinski definition) is 6. The van der Waals surface area contributed by atoms with Crippen molar-refractivity contribution in [2.75, 3.05) is 25.1 Å². The monoisotopic (exact) mass is 631 g/mol. The number of rotatable bonds is 12. The van der Waals surface area contributed by atoms with Crippen LogP contribution in [0.5, 0.6) is 11.5 Å². The molecule has 0 heterocycles. The highest BCUT2D eigenvalue weighted by Gasteiger charge is 2.34. The van der Waals surface area contributed by atoms with Gasteiger partial charge in [-0.1, -0.05) is 40.2 Å². The van der Waals surface area contributed by atoms with E-state index in [-0.39, 0.29) is 34.8 Å². The van der Waals surface area contributed by atoms with Crippen molar-refractivity contribution < 1.29 is 27.5 Å². The summed E-state index contributed by atoms with van der Waals surface area (Å²) in [4.78, 5) is 28.4. The molecule has 11 heteroatoms. The lowest BCUT2D eigenvalue weighted by molar-refractivity contribution is -0.139. The maximum atomic E-state index is 14.0. The lowest BCUT2D eigenvalue weighted by Gasteiger charge is -2.32. The van der Waals surface area contributed by atoms with Crippen LogP contribution in [-0.2, 0) is 26.2 Å². The largest absolute Gasteiger partial charge is 0.497 e. The van der Waals surface area contributed by atoms with Crippen molar-refractivity contribution in [1.82, 2.24) is 10.2 Å². The highest BCUT2D eigenvalue weighted by Crippen LogP contribution is 2.33. The lowest BCUT2D eigenvalue weighted by atomic mass is 10.1. The second kappa shape index (κ2) is 13.7. The minimum absolute atomic E-state index is 0.0313. The van der Waals surface area contributed by atoms with E-state index in [1.165, 1.54) is 43.4 Å². The van der Waals surface area contributed by atoms with Crippen molar-refractivity contribution >= 4 is 43.5 Å². The van der Waals surface area contributed by atoms with Crippen molar-refractivity contribution in [3.63, 3.8) is 0 Å². The molecule has 0 fully saturated rings. The Morgan fingerprint density at radius 3 is 2.20 bits per heavy atom. The molecule has 3 aromatic rings. The van der Waals surface area contributed by atoms with Crippen molar-refractivity contribution in [1.29, 1.82) is 0 Å². The Morgan fingerprint density at radius 1 is 0.925 bits per heavy atom. The third kappa shape index (κ3) is 7.54. The van der Waals surface area contributed by atoms with Gasteiger partial charge in [-0.2, -0.15) is 0 Å². The summed E-state index contributed by atoms with van der Waals surface area (Å²) in [6.45, 7) is 4.81. The first-order valence-electron chi connectivity index (χ1n) is 12.6. The molecule has 2 amide bonds. The molecule has 3 rings (SSSR count). The summed E-state index contributed by atoms with van der Waals surface area (Å²) in [5, 5.41) is 2.84. The second-order valence-electron chi connectivity index (χ2n) is 9.35. The quantitative estimate of drug-likeness (QED) is 0.313. The SMILES string of the molecule is COc1ccc(S(=O)(=O)N(CC(=O)N(Cc2cccc(Br)c2)[C@@H](C)C(=O)NC(C)C)c2ccccc2OC)cc1. The Balaban J connectivity index is 2.07. The van der Waals surface area contributed by atoms with E-state index in [0.29, 0.717) is 5.75 Å². The van der Waals surface area contributed by atoms with E-state index in [0.717, 1.165) is 14.3 Å². The number of anilines is 1. The van der Waals surface area contributed by atoms with E-state index < -0.39 is 28.5 Å². The van der Waals surface area contributed by atoms with Crippen LogP contribution in [0.2, 0.25) is 0 Å². The molecule has 40 heavy (non-hydrogen) atoms. The number of benzene rings is 3. The lowest BCUT2D eigenvalue weighted by Crippen LogP contribution is -2.52. The number of ether oxygens (including phenoxy) is 2. The fourth-order valence-electron chi connectivity index (χ4n) is 4.04. The molecule has 0 saturated heterocycles. The third-order valence-corrected chi connectivity index (χ3v) is 8.39. The molecule has 0 unspecified atom stereocenters. The fourth-order valence-corrected chi connectivity index (χ4v) is 5.92. The number of carbonyl (C=O) groups is 2. The van der Waals surface area contributed by atoms with E-state index in [9.17, 15) is 18.0 Å². The number of carbonyl (C=O) groups excluding carboxylic acids is 2. The van der Waals surface area contributed by atoms with E-state index in [1.807, 2.05) is 38.1 Å². The predicted octanol–water partition coefficient (Wildman–Crippen LogP) is 4.60. The smallest absolute Gasteiger partial charge is 0.264 e. The molecule has 0 aromatic heterocycles. The van der Waals surface area contributed by atoms with Crippen LogP contribution in [0.4, 0.5) is 5.69 Å². The highest BCUT2D eigenvalue weighted by molar-refractivity contribution is 9.10. The topological polar surface area (TPSA) is 105 Å². The second-order valence-corrected chi connectivity index (χ2v) is 12.1. The summed E-state index contributed by atoms with van der Waals surface area (Å²) in [6, 6.07) is 18.8. The Morgan fingerprint density at radius 2 is 1.60 bits per heavy atom. The molecule has 0 spiro atoms. The van der Waals surface area contributed by atoms with Crippen LogP contribution < -0.4 is 19.1 Å². The normalized spacial score (nSPS) is 12.0. The average molecular weight is 633 g/mol. The van der Waals surface area contributed by atoms with E-state index in [2.05, 4.69) is 21.2 Å². The Hall–Kier alpha value is -3.57. The van der Waals surface area contributed by atoms with Gasteiger partial charge in [0, 0.05) is 17.1 Å². The van der Waals surface area contributed by atoms with Crippen LogP contribution >= 0.6 is 15.9 Å². The van der Waals surface area contributed by atoms with E-state index >= 15 is 0 Å². The zero-order chi connectivity index (χ0) is 29.4. The average Bonchev–Trinajstić information content (AvgIpc) is 2.93. The van der Waals surface area contributed by atoms with Gasteiger partial charge in [0.2, 0.25) is 11.8 Å². The Labute approximate surface area is 244 Å². The molecule has 0 bridgehead atoms. The number of halogens is 1. The molecule has 214 valence electrons. The number of para-hydroxylation sites is 2. The van der Waals surface area contributed by atoms with Gasteiger partial charge in [-0.05, 0) is 74.9 Å². The summed E-state index contributed by atoms with van der Waals surface area (Å²) in [7, 11) is -1.33. The van der Waals surface area contributed by atoms with Crippen molar-refractivity contribution in [3.05, 3.63) is 82.8 Å². The van der Waals surface area contributed by atoms with Gasteiger partial charge in [0.1, 0.15) is 24.1 Å². The molecule has 0 aliphatic heterocycles. The molecular formula is C29H34BrN3O6S. The van der Waals surface area contributed by atoms with Crippen LogP contribution in [0.15, 0.2) is 82.2 Å². The minimum atomic E-state index is -4.24. The van der Waals surface area contributed by atoms with Crippen LogP contribution in [-0.4, -0.2) is 58.0 Å². The van der Waals surface area contributed by atoms with Crippen LogP contribution in [0.25, 0.3) is 0 Å². The summed E-state index contributed by atoms with van der Waals surface area (Å²) in [5.41, 5.74) is 0.963. The van der Waals surface area contributed by atoms with Crippen molar-refractivity contribution in [2.45, 2.75) is 44.3 Å². The van der Waals surface area contributed by atoms with Crippen molar-refractivity contribution in [3.8, 4) is 11.5 Å². The Kier molecular flexibility index (Phi) is 10.6.